The molecule has 16 heavy (non-hydrogen) atoms. The van der Waals surface area contributed by atoms with Crippen molar-refractivity contribution in [3.05, 3.63) is 0 Å². The summed E-state index contributed by atoms with van der Waals surface area (Å²) in [6, 6.07) is 0. The second-order valence-corrected chi connectivity index (χ2v) is 8.09. The normalized spacial score (nSPS) is 13.2. The van der Waals surface area contributed by atoms with E-state index in [2.05, 4.69) is 0 Å². The third-order valence-corrected chi connectivity index (χ3v) is 5.86. The van der Waals surface area contributed by atoms with Gasteiger partial charge in [0.2, 0.25) is 10.0 Å². The maximum absolute atomic E-state index is 11.7. The van der Waals surface area contributed by atoms with Gasteiger partial charge in [0.05, 0.1) is 6.61 Å². The van der Waals surface area contributed by atoms with Crippen molar-refractivity contribution < 1.29 is 21.6 Å². The van der Waals surface area contributed by atoms with Crippen LogP contribution in [0.4, 0.5) is 0 Å². The second kappa shape index (κ2) is 6.75. The first kappa shape index (κ1) is 16.1. The summed E-state index contributed by atoms with van der Waals surface area (Å²) in [5, 5.41) is -0.902. The smallest absolute Gasteiger partial charge is 0.228 e. The summed E-state index contributed by atoms with van der Waals surface area (Å²) in [4.78, 5) is 0. The molecule has 6 nitrogen and oxygen atoms in total. The lowest BCUT2D eigenvalue weighted by Gasteiger charge is -2.20. The minimum Gasteiger partial charge on any atom is -0.383 e. The molecule has 0 amide bonds. The molecule has 0 heterocycles. The molecule has 0 rings (SSSR count). The quantitative estimate of drug-likeness (QED) is 0.564. The molecule has 0 spiro atoms. The first-order chi connectivity index (χ1) is 7.23. The molecule has 0 aliphatic carbocycles. The van der Waals surface area contributed by atoms with Gasteiger partial charge in [0, 0.05) is 32.3 Å². The Bertz CT molecular complexity index is 391. The number of hydrogen-bond donors (Lipinski definition) is 0. The van der Waals surface area contributed by atoms with E-state index in [1.54, 1.807) is 0 Å². The van der Waals surface area contributed by atoms with Crippen molar-refractivity contribution in [3.63, 3.8) is 0 Å². The van der Waals surface area contributed by atoms with Crippen LogP contribution in [0, 0.1) is 0 Å². The first-order valence-corrected chi connectivity index (χ1v) is 8.64. The van der Waals surface area contributed by atoms with Gasteiger partial charge in [-0.3, -0.25) is 0 Å². The second-order valence-electron chi connectivity index (χ2n) is 3.24. The van der Waals surface area contributed by atoms with Gasteiger partial charge < -0.3 is 4.74 Å². The zero-order valence-electron chi connectivity index (χ0n) is 9.22. The Kier molecular flexibility index (Phi) is 6.80. The summed E-state index contributed by atoms with van der Waals surface area (Å²) >= 11 is 5.46. The number of sulfonamides is 1. The van der Waals surface area contributed by atoms with E-state index in [1.807, 2.05) is 0 Å². The molecule has 0 atom stereocenters. The predicted octanol–water partition coefficient (Wildman–Crippen LogP) is -0.494. The van der Waals surface area contributed by atoms with Gasteiger partial charge >= 0.3 is 0 Å². The fourth-order valence-corrected chi connectivity index (χ4v) is 4.81. The Hall–Kier alpha value is 0.110. The van der Waals surface area contributed by atoms with Crippen LogP contribution < -0.4 is 0 Å². The molecule has 0 aromatic rings. The number of methoxy groups -OCH3 is 1. The molecular formula is C7H16ClNO5S2. The number of ether oxygens (including phenoxy) is 1. The predicted molar refractivity (Wildman–Crippen MR) is 62.8 cm³/mol. The van der Waals surface area contributed by atoms with E-state index in [4.69, 9.17) is 16.3 Å². The summed E-state index contributed by atoms with van der Waals surface area (Å²) in [7, 11) is -5.98. The Morgan fingerprint density at radius 3 is 2.12 bits per heavy atom. The molecule has 0 aliphatic heterocycles. The molecule has 98 valence electrons. The largest absolute Gasteiger partial charge is 0.383 e. The van der Waals surface area contributed by atoms with Crippen LogP contribution in [-0.2, 0) is 24.6 Å². The van der Waals surface area contributed by atoms with Gasteiger partial charge in [-0.2, -0.15) is 4.31 Å². The van der Waals surface area contributed by atoms with Gasteiger partial charge in [-0.1, -0.05) is 0 Å². The van der Waals surface area contributed by atoms with Crippen molar-refractivity contribution in [2.75, 3.05) is 44.0 Å². The highest BCUT2D eigenvalue weighted by Crippen LogP contribution is 2.05. The Morgan fingerprint density at radius 2 is 1.75 bits per heavy atom. The van der Waals surface area contributed by atoms with Gasteiger partial charge in [-0.05, 0) is 0 Å². The third kappa shape index (κ3) is 6.64. The van der Waals surface area contributed by atoms with Gasteiger partial charge in [-0.25, -0.2) is 16.8 Å². The number of alkyl halides is 1. The van der Waals surface area contributed by atoms with E-state index in [1.165, 1.54) is 7.11 Å². The Labute approximate surface area is 101 Å². The average molecular weight is 294 g/mol. The molecule has 0 unspecified atom stereocenters. The van der Waals surface area contributed by atoms with Crippen LogP contribution in [0.5, 0.6) is 0 Å². The van der Waals surface area contributed by atoms with Gasteiger partial charge in [-0.15, -0.1) is 11.6 Å². The molecule has 0 radical (unpaired) electrons. The summed E-state index contributed by atoms with van der Waals surface area (Å²) in [6.07, 6.45) is 0.875. The molecule has 0 aromatic carbocycles. The van der Waals surface area contributed by atoms with E-state index >= 15 is 0 Å². The van der Waals surface area contributed by atoms with Crippen molar-refractivity contribution in [1.29, 1.82) is 0 Å². The lowest BCUT2D eigenvalue weighted by molar-refractivity contribution is 0.181. The molecule has 0 aromatic heterocycles. The zero-order chi connectivity index (χ0) is 12.8. The fraction of sp³-hybridized carbons (Fsp3) is 1.00. The van der Waals surface area contributed by atoms with Crippen molar-refractivity contribution >= 4 is 31.5 Å². The number of nitrogens with zero attached hydrogens (tertiary/aromatic N) is 1. The summed E-state index contributed by atoms with van der Waals surface area (Å²) in [5.41, 5.74) is 0. The van der Waals surface area contributed by atoms with Crippen molar-refractivity contribution in [1.82, 2.24) is 4.31 Å². The van der Waals surface area contributed by atoms with Gasteiger partial charge in [0.1, 0.15) is 0 Å². The summed E-state index contributed by atoms with van der Waals surface area (Å²) in [6.45, 7) is 0.365. The Balaban J connectivity index is 4.75. The summed E-state index contributed by atoms with van der Waals surface area (Å²) < 4.78 is 51.0. The number of hydrogen-bond acceptors (Lipinski definition) is 5. The van der Waals surface area contributed by atoms with Crippen LogP contribution in [0.1, 0.15) is 0 Å². The van der Waals surface area contributed by atoms with E-state index in [-0.39, 0.29) is 25.6 Å². The third-order valence-electron chi connectivity index (χ3n) is 1.64. The maximum atomic E-state index is 11.7. The molecular weight excluding hydrogens is 278 g/mol. The maximum Gasteiger partial charge on any atom is 0.228 e. The minimum absolute atomic E-state index is 0.0722. The van der Waals surface area contributed by atoms with E-state index in [0.29, 0.717) is 0 Å². The van der Waals surface area contributed by atoms with Crippen LogP contribution in [-0.4, -0.2) is 65.2 Å². The SMILES string of the molecule is COCCN(CCCl)S(=O)(=O)CS(C)(=O)=O. The van der Waals surface area contributed by atoms with Crippen LogP contribution in [0.2, 0.25) is 0 Å². The number of sulfone groups is 1. The topological polar surface area (TPSA) is 80.8 Å². The molecule has 0 fully saturated rings. The van der Waals surface area contributed by atoms with E-state index in [0.717, 1.165) is 10.6 Å². The highest BCUT2D eigenvalue weighted by atomic mass is 35.5. The van der Waals surface area contributed by atoms with Crippen LogP contribution in [0.15, 0.2) is 0 Å². The van der Waals surface area contributed by atoms with Crippen LogP contribution in [0.25, 0.3) is 0 Å². The molecule has 0 aliphatic rings. The van der Waals surface area contributed by atoms with E-state index in [9.17, 15) is 16.8 Å². The van der Waals surface area contributed by atoms with Gasteiger partial charge in [0.15, 0.2) is 14.9 Å². The molecule has 0 saturated carbocycles. The standard InChI is InChI=1S/C7H16ClNO5S2/c1-14-6-5-9(4-3-8)16(12,13)7-15(2,10)11/h3-7H2,1-2H3. The monoisotopic (exact) mass is 293 g/mol. The zero-order valence-corrected chi connectivity index (χ0v) is 11.6. The molecule has 0 bridgehead atoms. The Morgan fingerprint density at radius 1 is 1.19 bits per heavy atom. The lowest BCUT2D eigenvalue weighted by atomic mass is 10.6. The van der Waals surface area contributed by atoms with Crippen molar-refractivity contribution in [2.24, 2.45) is 0 Å². The first-order valence-electron chi connectivity index (χ1n) is 4.43. The molecule has 0 saturated heterocycles. The fourth-order valence-electron chi connectivity index (χ4n) is 1.02. The number of rotatable bonds is 8. The summed E-state index contributed by atoms with van der Waals surface area (Å²) in [5.74, 6) is 0.104. The van der Waals surface area contributed by atoms with Crippen LogP contribution in [0.3, 0.4) is 0 Å². The van der Waals surface area contributed by atoms with Crippen molar-refractivity contribution in [3.8, 4) is 0 Å². The highest BCUT2D eigenvalue weighted by molar-refractivity contribution is 8.06. The molecule has 0 N–H and O–H groups in total. The lowest BCUT2D eigenvalue weighted by Crippen LogP contribution is -2.38. The highest BCUT2D eigenvalue weighted by Gasteiger charge is 2.25. The minimum atomic E-state index is -3.83. The average Bonchev–Trinajstić information content (AvgIpc) is 2.07. The van der Waals surface area contributed by atoms with Crippen molar-refractivity contribution in [2.45, 2.75) is 0 Å². The van der Waals surface area contributed by atoms with Gasteiger partial charge in [0.25, 0.3) is 0 Å². The van der Waals surface area contributed by atoms with Crippen LogP contribution >= 0.6 is 11.6 Å². The number of halogens is 1. The van der Waals surface area contributed by atoms with E-state index < -0.39 is 24.9 Å². The molecule has 9 heteroatoms.